The summed E-state index contributed by atoms with van der Waals surface area (Å²) in [5, 5.41) is 22.1. The van der Waals surface area contributed by atoms with Gasteiger partial charge in [0.05, 0.1) is 5.56 Å². The molecule has 1 aliphatic rings. The largest absolute Gasteiger partial charge is 0.493 e. The van der Waals surface area contributed by atoms with E-state index in [1.54, 1.807) is 6.20 Å². The number of hydrogen-bond donors (Lipinski definition) is 2. The van der Waals surface area contributed by atoms with E-state index in [1.165, 1.54) is 0 Å². The molecule has 6 heteroatoms. The second kappa shape index (κ2) is 9.38. The van der Waals surface area contributed by atoms with Crippen LogP contribution in [0.3, 0.4) is 0 Å². The Labute approximate surface area is 193 Å². The van der Waals surface area contributed by atoms with Crippen LogP contribution in [-0.2, 0) is 6.42 Å². The molecule has 0 saturated heterocycles. The van der Waals surface area contributed by atoms with Crippen LogP contribution in [0.1, 0.15) is 35.4 Å². The first kappa shape index (κ1) is 21.1. The second-order valence-electron chi connectivity index (χ2n) is 8.28. The van der Waals surface area contributed by atoms with Gasteiger partial charge in [0.2, 0.25) is 5.88 Å². The molecule has 2 aromatic carbocycles. The summed E-state index contributed by atoms with van der Waals surface area (Å²) >= 11 is 0. The molecule has 2 aromatic heterocycles. The molecule has 6 nitrogen and oxygen atoms in total. The highest BCUT2D eigenvalue weighted by Gasteiger charge is 2.30. The Kier molecular flexibility index (Phi) is 6.00. The fraction of sp³-hybridized carbons (Fsp3) is 0.222. The van der Waals surface area contributed by atoms with Gasteiger partial charge in [0.15, 0.2) is 5.82 Å². The van der Waals surface area contributed by atoms with Gasteiger partial charge in [-0.25, -0.2) is 4.98 Å². The first-order valence-electron chi connectivity index (χ1n) is 11.3. The van der Waals surface area contributed by atoms with Gasteiger partial charge in [0.25, 0.3) is 0 Å². The van der Waals surface area contributed by atoms with Crippen LogP contribution in [-0.4, -0.2) is 37.9 Å². The number of aromatic nitrogens is 3. The molecule has 4 aromatic rings. The maximum Gasteiger partial charge on any atom is 0.219 e. The number of aliphatic hydroxyl groups is 1. The summed E-state index contributed by atoms with van der Waals surface area (Å²) in [7, 11) is 0. The number of benzene rings is 2. The smallest absolute Gasteiger partial charge is 0.219 e. The highest BCUT2D eigenvalue weighted by atomic mass is 16.3. The molecule has 1 unspecified atom stereocenters. The van der Waals surface area contributed by atoms with Crippen LogP contribution in [0.2, 0.25) is 0 Å². The molecule has 0 saturated carbocycles. The first-order chi connectivity index (χ1) is 16.2. The van der Waals surface area contributed by atoms with Crippen LogP contribution < -0.4 is 4.90 Å². The summed E-state index contributed by atoms with van der Waals surface area (Å²) in [5.74, 6) is 0.925. The molecule has 0 aliphatic carbocycles. The fourth-order valence-corrected chi connectivity index (χ4v) is 4.53. The van der Waals surface area contributed by atoms with E-state index in [2.05, 4.69) is 34.2 Å². The van der Waals surface area contributed by atoms with Crippen molar-refractivity contribution in [1.82, 2.24) is 15.0 Å². The van der Waals surface area contributed by atoms with Crippen LogP contribution in [0, 0.1) is 0 Å². The van der Waals surface area contributed by atoms with Crippen LogP contribution in [0.15, 0.2) is 85.1 Å². The average molecular weight is 439 g/mol. The Morgan fingerprint density at radius 2 is 1.52 bits per heavy atom. The first-order valence-corrected chi connectivity index (χ1v) is 11.3. The summed E-state index contributed by atoms with van der Waals surface area (Å²) in [5.41, 5.74) is 3.57. The Morgan fingerprint density at radius 1 is 0.848 bits per heavy atom. The van der Waals surface area contributed by atoms with Gasteiger partial charge in [-0.1, -0.05) is 66.7 Å². The number of rotatable bonds is 6. The van der Waals surface area contributed by atoms with Gasteiger partial charge >= 0.3 is 0 Å². The van der Waals surface area contributed by atoms with Crippen molar-refractivity contribution in [3.63, 3.8) is 0 Å². The minimum atomic E-state index is -0.777. The average Bonchev–Trinajstić information content (AvgIpc) is 2.88. The molecule has 5 rings (SSSR count). The molecular weight excluding hydrogens is 412 g/mol. The molecule has 0 spiro atoms. The lowest BCUT2D eigenvalue weighted by Crippen LogP contribution is -2.41. The van der Waals surface area contributed by atoms with Gasteiger partial charge in [-0.2, -0.15) is 4.98 Å². The monoisotopic (exact) mass is 438 g/mol. The third kappa shape index (κ3) is 4.43. The normalized spacial score (nSPS) is 14.2. The quantitative estimate of drug-likeness (QED) is 0.460. The Bertz CT molecular complexity index is 1160. The predicted molar refractivity (Wildman–Crippen MR) is 128 cm³/mol. The maximum atomic E-state index is 11.4. The molecule has 0 bridgehead atoms. The number of aliphatic hydroxyl groups excluding tert-OH is 1. The summed E-state index contributed by atoms with van der Waals surface area (Å²) in [6.07, 6.45) is 2.88. The van der Waals surface area contributed by atoms with Crippen LogP contribution >= 0.6 is 0 Å². The lowest BCUT2D eigenvalue weighted by atomic mass is 9.87. The summed E-state index contributed by atoms with van der Waals surface area (Å²) < 4.78 is 0. The van der Waals surface area contributed by atoms with E-state index >= 15 is 0 Å². The van der Waals surface area contributed by atoms with Gasteiger partial charge in [-0.05, 0) is 36.1 Å². The molecular formula is C27H26N4O2. The number of anilines is 1. The van der Waals surface area contributed by atoms with Crippen molar-refractivity contribution in [2.75, 3.05) is 11.4 Å². The predicted octanol–water partition coefficient (Wildman–Crippen LogP) is 4.54. The van der Waals surface area contributed by atoms with Crippen LogP contribution in [0.25, 0.3) is 11.5 Å². The van der Waals surface area contributed by atoms with E-state index in [9.17, 15) is 10.2 Å². The number of pyridine rings is 1. The highest BCUT2D eigenvalue weighted by molar-refractivity contribution is 5.60. The maximum absolute atomic E-state index is 11.4. The number of aromatic hydroxyl groups is 1. The van der Waals surface area contributed by atoms with Crippen molar-refractivity contribution < 1.29 is 10.2 Å². The zero-order valence-corrected chi connectivity index (χ0v) is 18.2. The van der Waals surface area contributed by atoms with E-state index in [0.717, 1.165) is 17.5 Å². The van der Waals surface area contributed by atoms with Crippen molar-refractivity contribution in [3.8, 4) is 17.4 Å². The molecule has 0 fully saturated rings. The van der Waals surface area contributed by atoms with Gasteiger partial charge in [-0.3, -0.25) is 4.98 Å². The fourth-order valence-electron chi connectivity index (χ4n) is 4.53. The molecule has 166 valence electrons. The van der Waals surface area contributed by atoms with E-state index in [-0.39, 0.29) is 11.8 Å². The Balaban J connectivity index is 1.49. The minimum Gasteiger partial charge on any atom is -0.493 e. The lowest BCUT2D eigenvalue weighted by Gasteiger charge is -2.36. The van der Waals surface area contributed by atoms with Crippen molar-refractivity contribution >= 4 is 5.82 Å². The van der Waals surface area contributed by atoms with Gasteiger partial charge < -0.3 is 15.1 Å². The SMILES string of the molecule is Oc1nc(-c2ccccn2)nc2c1CCCN2C(O)CC(c1ccccc1)c1ccccc1. The van der Waals surface area contributed by atoms with E-state index < -0.39 is 6.23 Å². The standard InChI is InChI=1S/C27H26N4O2/c32-24(18-22(19-10-3-1-4-11-19)20-12-5-2-6-13-20)31-17-9-14-21-26(31)29-25(30-27(21)33)23-15-7-8-16-28-23/h1-8,10-13,15-16,22,24,32H,9,14,17-18H2,(H,29,30,33). The lowest BCUT2D eigenvalue weighted by molar-refractivity contribution is 0.150. The Hall–Kier alpha value is -3.77. The summed E-state index contributed by atoms with van der Waals surface area (Å²) in [6, 6.07) is 26.0. The van der Waals surface area contributed by atoms with Crippen LogP contribution in [0.4, 0.5) is 5.82 Å². The third-order valence-electron chi connectivity index (χ3n) is 6.17. The number of hydrogen-bond acceptors (Lipinski definition) is 6. The Morgan fingerprint density at radius 3 is 2.15 bits per heavy atom. The van der Waals surface area contributed by atoms with Crippen molar-refractivity contribution in [2.24, 2.45) is 0 Å². The van der Waals surface area contributed by atoms with Crippen LogP contribution in [0.5, 0.6) is 5.88 Å². The van der Waals surface area contributed by atoms with Crippen molar-refractivity contribution in [2.45, 2.75) is 31.4 Å². The van der Waals surface area contributed by atoms with E-state index in [4.69, 9.17) is 4.98 Å². The van der Waals surface area contributed by atoms with Crippen molar-refractivity contribution in [3.05, 3.63) is 102 Å². The summed E-state index contributed by atoms with van der Waals surface area (Å²) in [6.45, 7) is 0.655. The number of nitrogens with zero attached hydrogens (tertiary/aromatic N) is 4. The van der Waals surface area contributed by atoms with Gasteiger partial charge in [0, 0.05) is 25.1 Å². The zero-order valence-electron chi connectivity index (χ0n) is 18.2. The molecule has 1 atom stereocenters. The zero-order chi connectivity index (χ0) is 22.6. The molecule has 0 radical (unpaired) electrons. The molecule has 1 aliphatic heterocycles. The topological polar surface area (TPSA) is 82.4 Å². The molecule has 3 heterocycles. The van der Waals surface area contributed by atoms with E-state index in [0.29, 0.717) is 42.3 Å². The van der Waals surface area contributed by atoms with E-state index in [1.807, 2.05) is 59.5 Å². The molecule has 2 N–H and O–H groups in total. The summed E-state index contributed by atoms with van der Waals surface area (Å²) in [4.78, 5) is 15.2. The minimum absolute atomic E-state index is 0.0264. The van der Waals surface area contributed by atoms with Crippen molar-refractivity contribution in [1.29, 1.82) is 0 Å². The number of fused-ring (bicyclic) bond motifs is 1. The highest BCUT2D eigenvalue weighted by Crippen LogP contribution is 2.36. The van der Waals surface area contributed by atoms with Gasteiger partial charge in [0.1, 0.15) is 17.7 Å². The van der Waals surface area contributed by atoms with Gasteiger partial charge in [-0.15, -0.1) is 0 Å². The molecule has 33 heavy (non-hydrogen) atoms. The third-order valence-corrected chi connectivity index (χ3v) is 6.17. The molecule has 0 amide bonds. The second-order valence-corrected chi connectivity index (χ2v) is 8.28.